The predicted octanol–water partition coefficient (Wildman–Crippen LogP) is 3.23. The van der Waals surface area contributed by atoms with E-state index in [-0.39, 0.29) is 17.2 Å². The van der Waals surface area contributed by atoms with Crippen LogP contribution in [0, 0.1) is 6.92 Å². The molecule has 3 aromatic heterocycles. The highest BCUT2D eigenvalue weighted by atomic mass is 32.1. The summed E-state index contributed by atoms with van der Waals surface area (Å²) in [6.07, 6.45) is -1.69. The number of carbonyl (C=O) groups excluding carboxylic acids is 1. The van der Waals surface area contributed by atoms with Crippen molar-refractivity contribution in [3.63, 3.8) is 0 Å². The Bertz CT molecular complexity index is 1090. The third kappa shape index (κ3) is 5.16. The molecule has 7 nitrogen and oxygen atoms in total. The molecule has 11 heteroatoms. The Kier molecular flexibility index (Phi) is 5.86. The lowest BCUT2D eigenvalue weighted by Crippen LogP contribution is -2.33. The number of amides is 1. The van der Waals surface area contributed by atoms with Gasteiger partial charge in [-0.2, -0.15) is 13.2 Å². The van der Waals surface area contributed by atoms with Crippen LogP contribution in [0.4, 0.5) is 19.0 Å². The van der Waals surface area contributed by atoms with Crippen LogP contribution in [0.2, 0.25) is 0 Å². The lowest BCUT2D eigenvalue weighted by atomic mass is 10.0. The van der Waals surface area contributed by atoms with Crippen molar-refractivity contribution in [2.24, 2.45) is 0 Å². The van der Waals surface area contributed by atoms with E-state index >= 15 is 0 Å². The normalized spacial score (nSPS) is 13.7. The number of hydrogen-bond acceptors (Lipinski definition) is 7. The standard InChI is InChI=1S/C20H19F3N6OS/c1-12-4-17(19(30)26-9-15-8-24-11-31-15)27-28-18(12)29-3-2-16-14(10-29)5-13(7-25-16)6-20(21,22)23/h4-5,7-8,11H,2-3,6,9-10H2,1H3,(H,26,30). The van der Waals surface area contributed by atoms with Gasteiger partial charge in [-0.25, -0.2) is 0 Å². The van der Waals surface area contributed by atoms with Crippen LogP contribution < -0.4 is 10.2 Å². The molecule has 1 aliphatic rings. The molecule has 3 aromatic rings. The van der Waals surface area contributed by atoms with Crippen molar-refractivity contribution in [2.75, 3.05) is 11.4 Å². The highest BCUT2D eigenvalue weighted by molar-refractivity contribution is 7.09. The van der Waals surface area contributed by atoms with E-state index in [4.69, 9.17) is 0 Å². The van der Waals surface area contributed by atoms with Gasteiger partial charge >= 0.3 is 6.18 Å². The van der Waals surface area contributed by atoms with Gasteiger partial charge in [0.25, 0.3) is 5.91 Å². The van der Waals surface area contributed by atoms with Gasteiger partial charge in [0, 0.05) is 42.5 Å². The number of aryl methyl sites for hydroxylation is 1. The van der Waals surface area contributed by atoms with Crippen LogP contribution >= 0.6 is 11.3 Å². The van der Waals surface area contributed by atoms with Crippen LogP contribution in [0.3, 0.4) is 0 Å². The summed E-state index contributed by atoms with van der Waals surface area (Å²) in [5.41, 5.74) is 4.35. The van der Waals surface area contributed by atoms with Crippen LogP contribution in [0.25, 0.3) is 0 Å². The fraction of sp³-hybridized carbons (Fsp3) is 0.350. The zero-order valence-corrected chi connectivity index (χ0v) is 17.4. The molecular weight excluding hydrogens is 429 g/mol. The van der Waals surface area contributed by atoms with Gasteiger partial charge in [-0.05, 0) is 29.7 Å². The number of pyridine rings is 1. The van der Waals surface area contributed by atoms with Crippen molar-refractivity contribution in [1.29, 1.82) is 0 Å². The third-order valence-corrected chi connectivity index (χ3v) is 5.68. The van der Waals surface area contributed by atoms with Gasteiger partial charge in [0.05, 0.1) is 18.5 Å². The van der Waals surface area contributed by atoms with Crippen molar-refractivity contribution in [1.82, 2.24) is 25.5 Å². The minimum atomic E-state index is -4.28. The number of alkyl halides is 3. The number of carbonyl (C=O) groups is 1. The molecule has 1 N–H and O–H groups in total. The number of anilines is 1. The minimum Gasteiger partial charge on any atom is -0.350 e. The zero-order chi connectivity index (χ0) is 22.0. The summed E-state index contributed by atoms with van der Waals surface area (Å²) in [6.45, 7) is 3.20. The van der Waals surface area contributed by atoms with Gasteiger partial charge in [-0.3, -0.25) is 14.8 Å². The summed E-state index contributed by atoms with van der Waals surface area (Å²) in [6, 6.07) is 3.23. The molecule has 0 aromatic carbocycles. The van der Waals surface area contributed by atoms with E-state index in [9.17, 15) is 18.0 Å². The van der Waals surface area contributed by atoms with Gasteiger partial charge in [0.2, 0.25) is 0 Å². The first kappa shape index (κ1) is 21.2. The molecule has 1 aliphatic heterocycles. The molecule has 0 atom stereocenters. The van der Waals surface area contributed by atoms with Crippen LogP contribution in [-0.2, 0) is 25.9 Å². The molecule has 0 saturated carbocycles. The molecular formula is C20H19F3N6OS. The summed E-state index contributed by atoms with van der Waals surface area (Å²) >= 11 is 1.45. The Morgan fingerprint density at radius 1 is 1.26 bits per heavy atom. The fourth-order valence-electron chi connectivity index (χ4n) is 3.47. The van der Waals surface area contributed by atoms with E-state index in [0.29, 0.717) is 31.9 Å². The maximum atomic E-state index is 12.7. The quantitative estimate of drug-likeness (QED) is 0.645. The van der Waals surface area contributed by atoms with Gasteiger partial charge in [-0.15, -0.1) is 21.5 Å². The van der Waals surface area contributed by atoms with Crippen molar-refractivity contribution >= 4 is 23.1 Å². The summed E-state index contributed by atoms with van der Waals surface area (Å²) in [7, 11) is 0. The topological polar surface area (TPSA) is 83.9 Å². The molecule has 0 fully saturated rings. The molecule has 31 heavy (non-hydrogen) atoms. The highest BCUT2D eigenvalue weighted by Crippen LogP contribution is 2.27. The van der Waals surface area contributed by atoms with Crippen molar-refractivity contribution in [2.45, 2.75) is 39.0 Å². The van der Waals surface area contributed by atoms with Crippen LogP contribution in [0.15, 0.2) is 30.0 Å². The summed E-state index contributed by atoms with van der Waals surface area (Å²) in [5, 5.41) is 11.1. The van der Waals surface area contributed by atoms with Crippen molar-refractivity contribution < 1.29 is 18.0 Å². The molecule has 4 rings (SSSR count). The van der Waals surface area contributed by atoms with E-state index in [0.717, 1.165) is 21.7 Å². The first-order valence-electron chi connectivity index (χ1n) is 9.57. The average Bonchev–Trinajstić information content (AvgIpc) is 3.24. The molecule has 1 amide bonds. The van der Waals surface area contributed by atoms with E-state index < -0.39 is 12.6 Å². The number of halogens is 3. The van der Waals surface area contributed by atoms with E-state index in [1.807, 2.05) is 11.8 Å². The monoisotopic (exact) mass is 448 g/mol. The van der Waals surface area contributed by atoms with Gasteiger partial charge in [0.1, 0.15) is 0 Å². The average molecular weight is 448 g/mol. The molecule has 0 radical (unpaired) electrons. The largest absolute Gasteiger partial charge is 0.393 e. The smallest absolute Gasteiger partial charge is 0.350 e. The molecule has 0 aliphatic carbocycles. The molecule has 0 spiro atoms. The maximum absolute atomic E-state index is 12.7. The summed E-state index contributed by atoms with van der Waals surface area (Å²) in [5.74, 6) is 0.270. The van der Waals surface area contributed by atoms with Gasteiger partial charge in [0.15, 0.2) is 11.5 Å². The summed E-state index contributed by atoms with van der Waals surface area (Å²) < 4.78 is 38.1. The SMILES string of the molecule is Cc1cc(C(=O)NCc2cncs2)nnc1N1CCc2ncc(CC(F)(F)F)cc2C1. The Labute approximate surface area is 180 Å². The molecule has 162 valence electrons. The number of hydrogen-bond donors (Lipinski definition) is 1. The molecule has 0 saturated heterocycles. The van der Waals surface area contributed by atoms with Crippen LogP contribution in [0.1, 0.15) is 37.7 Å². The number of fused-ring (bicyclic) bond motifs is 1. The van der Waals surface area contributed by atoms with Crippen molar-refractivity contribution in [3.05, 3.63) is 63.0 Å². The van der Waals surface area contributed by atoms with E-state index in [1.165, 1.54) is 17.5 Å². The second-order valence-corrected chi connectivity index (χ2v) is 8.27. The Morgan fingerprint density at radius 3 is 2.81 bits per heavy atom. The maximum Gasteiger partial charge on any atom is 0.393 e. The Balaban J connectivity index is 1.46. The molecule has 0 unspecified atom stereocenters. The van der Waals surface area contributed by atoms with Gasteiger partial charge in [-0.1, -0.05) is 6.07 Å². The minimum absolute atomic E-state index is 0.142. The first-order valence-corrected chi connectivity index (χ1v) is 10.4. The fourth-order valence-corrected chi connectivity index (χ4v) is 4.01. The van der Waals surface area contributed by atoms with Crippen molar-refractivity contribution in [3.8, 4) is 0 Å². The number of thiazole rings is 1. The Morgan fingerprint density at radius 2 is 2.10 bits per heavy atom. The second kappa shape index (κ2) is 8.58. The number of nitrogens with one attached hydrogen (secondary N) is 1. The third-order valence-electron chi connectivity index (χ3n) is 4.90. The lowest BCUT2D eigenvalue weighted by molar-refractivity contribution is -0.127. The Hall–Kier alpha value is -3.08. The highest BCUT2D eigenvalue weighted by Gasteiger charge is 2.29. The van der Waals surface area contributed by atoms with Gasteiger partial charge < -0.3 is 10.2 Å². The van der Waals surface area contributed by atoms with E-state index in [2.05, 4.69) is 25.5 Å². The first-order chi connectivity index (χ1) is 14.8. The second-order valence-electron chi connectivity index (χ2n) is 7.30. The lowest BCUT2D eigenvalue weighted by Gasteiger charge is -2.30. The van der Waals surface area contributed by atoms with Crippen LogP contribution in [0.5, 0.6) is 0 Å². The number of aromatic nitrogens is 4. The summed E-state index contributed by atoms with van der Waals surface area (Å²) in [4.78, 5) is 23.4. The number of nitrogens with zero attached hydrogens (tertiary/aromatic N) is 5. The molecule has 0 bridgehead atoms. The number of rotatable bonds is 5. The zero-order valence-electron chi connectivity index (χ0n) is 16.6. The van der Waals surface area contributed by atoms with Crippen LogP contribution in [-0.4, -0.2) is 38.8 Å². The van der Waals surface area contributed by atoms with E-state index in [1.54, 1.807) is 23.8 Å². The molecule has 4 heterocycles. The predicted molar refractivity (Wildman–Crippen MR) is 109 cm³/mol.